The van der Waals surface area contributed by atoms with Gasteiger partial charge in [0.1, 0.15) is 28.7 Å². The number of rotatable bonds is 4. The molecule has 0 amide bonds. The van der Waals surface area contributed by atoms with E-state index in [0.717, 1.165) is 12.1 Å². The van der Waals surface area contributed by atoms with Gasteiger partial charge in [0.05, 0.1) is 11.7 Å². The molecule has 0 radical (unpaired) electrons. The van der Waals surface area contributed by atoms with Crippen molar-refractivity contribution in [1.29, 1.82) is 0 Å². The van der Waals surface area contributed by atoms with Crippen molar-refractivity contribution in [2.75, 3.05) is 0 Å². The Hall–Kier alpha value is -2.60. The van der Waals surface area contributed by atoms with Gasteiger partial charge in [0, 0.05) is 18.2 Å². The Bertz CT molecular complexity index is 630. The topological polar surface area (TPSA) is 121 Å². The Morgan fingerprint density at radius 2 is 1.33 bits per heavy atom. The van der Waals surface area contributed by atoms with E-state index in [1.807, 2.05) is 0 Å². The van der Waals surface area contributed by atoms with Crippen LogP contribution in [-0.4, -0.2) is 30.6 Å². The molecule has 0 aliphatic rings. The van der Waals surface area contributed by atoms with Gasteiger partial charge in [-0.3, -0.25) is 0 Å². The molecule has 2 aromatic carbocycles. The smallest absolute Gasteiger partial charge is 0.128 e. The largest absolute Gasteiger partial charge is 0.508 e. The Balaban J connectivity index is 2.13. The Morgan fingerprint density at radius 3 is 1.90 bits per heavy atom. The first-order valence-electron chi connectivity index (χ1n) is 6.32. The minimum Gasteiger partial charge on any atom is -0.508 e. The summed E-state index contributed by atoms with van der Waals surface area (Å²) in [5, 5.41) is 57.4. The van der Waals surface area contributed by atoms with Gasteiger partial charge in [-0.25, -0.2) is 0 Å². The third-order valence-corrected chi connectivity index (χ3v) is 3.21. The van der Waals surface area contributed by atoms with Gasteiger partial charge in [0.2, 0.25) is 0 Å². The van der Waals surface area contributed by atoms with Gasteiger partial charge in [0.15, 0.2) is 0 Å². The van der Waals surface area contributed by atoms with Gasteiger partial charge >= 0.3 is 0 Å². The number of aliphatic hydroxyl groups is 1. The third kappa shape index (κ3) is 3.29. The maximum atomic E-state index is 10.0. The van der Waals surface area contributed by atoms with Gasteiger partial charge in [-0.05, 0) is 24.5 Å². The number of phenols is 5. The summed E-state index contributed by atoms with van der Waals surface area (Å²) in [6.45, 7) is 0. The molecule has 0 bridgehead atoms. The number of benzene rings is 2. The highest BCUT2D eigenvalue weighted by molar-refractivity contribution is 5.50. The molecule has 0 spiro atoms. The first-order valence-corrected chi connectivity index (χ1v) is 6.32. The summed E-state index contributed by atoms with van der Waals surface area (Å²) >= 11 is 0. The fourth-order valence-corrected chi connectivity index (χ4v) is 2.15. The molecule has 2 rings (SSSR count). The second-order valence-electron chi connectivity index (χ2n) is 4.77. The standard InChI is InChI=1S/C15H16O6/c16-9-3-1-8(12(19)5-9)2-4-11(18)15-13(20)6-10(17)7-14(15)21/h1,3,5-7,11,16-21H,2,4H2. The molecule has 112 valence electrons. The first-order chi connectivity index (χ1) is 9.88. The van der Waals surface area contributed by atoms with Crippen molar-refractivity contribution in [3.63, 3.8) is 0 Å². The lowest BCUT2D eigenvalue weighted by Gasteiger charge is -2.15. The minimum atomic E-state index is -1.17. The van der Waals surface area contributed by atoms with E-state index in [-0.39, 0.29) is 35.7 Å². The molecule has 0 aliphatic carbocycles. The number of aromatic hydroxyl groups is 5. The van der Waals surface area contributed by atoms with Gasteiger partial charge in [0.25, 0.3) is 0 Å². The van der Waals surface area contributed by atoms with Crippen LogP contribution in [0.4, 0.5) is 0 Å². The van der Waals surface area contributed by atoms with Crippen LogP contribution in [0.25, 0.3) is 0 Å². The second-order valence-corrected chi connectivity index (χ2v) is 4.77. The highest BCUT2D eigenvalue weighted by Gasteiger charge is 2.19. The molecule has 0 fully saturated rings. The van der Waals surface area contributed by atoms with Crippen LogP contribution in [0.5, 0.6) is 28.7 Å². The van der Waals surface area contributed by atoms with E-state index in [1.165, 1.54) is 18.2 Å². The molecule has 1 atom stereocenters. The van der Waals surface area contributed by atoms with E-state index in [4.69, 9.17) is 0 Å². The first kappa shape index (κ1) is 14.8. The summed E-state index contributed by atoms with van der Waals surface area (Å²) < 4.78 is 0. The molecule has 6 N–H and O–H groups in total. The molecule has 0 aliphatic heterocycles. The number of aliphatic hydroxyl groups excluding tert-OH is 1. The predicted octanol–water partition coefficient (Wildman–Crippen LogP) is 1.88. The highest BCUT2D eigenvalue weighted by atomic mass is 16.3. The van der Waals surface area contributed by atoms with E-state index in [1.54, 1.807) is 0 Å². The second kappa shape index (κ2) is 5.80. The predicted molar refractivity (Wildman–Crippen MR) is 74.5 cm³/mol. The van der Waals surface area contributed by atoms with Gasteiger partial charge in [-0.1, -0.05) is 6.07 Å². The molecule has 21 heavy (non-hydrogen) atoms. The lowest BCUT2D eigenvalue weighted by atomic mass is 9.99. The lowest BCUT2D eigenvalue weighted by Crippen LogP contribution is -2.01. The molecule has 6 heteroatoms. The molecule has 6 nitrogen and oxygen atoms in total. The number of hydrogen-bond donors (Lipinski definition) is 6. The average molecular weight is 292 g/mol. The van der Waals surface area contributed by atoms with Crippen molar-refractivity contribution in [2.24, 2.45) is 0 Å². The molecule has 2 aromatic rings. The molecule has 1 unspecified atom stereocenters. The number of aryl methyl sites for hydroxylation is 1. The molecule has 0 saturated carbocycles. The minimum absolute atomic E-state index is 0.0642. The van der Waals surface area contributed by atoms with Crippen LogP contribution >= 0.6 is 0 Å². The molecule has 0 heterocycles. The van der Waals surface area contributed by atoms with Gasteiger partial charge in [-0.2, -0.15) is 0 Å². The van der Waals surface area contributed by atoms with Crippen LogP contribution in [0.2, 0.25) is 0 Å². The molecular weight excluding hydrogens is 276 g/mol. The van der Waals surface area contributed by atoms with Crippen molar-refractivity contribution in [2.45, 2.75) is 18.9 Å². The van der Waals surface area contributed by atoms with Crippen LogP contribution in [0.1, 0.15) is 23.7 Å². The maximum absolute atomic E-state index is 10.0. The fraction of sp³-hybridized carbons (Fsp3) is 0.200. The highest BCUT2D eigenvalue weighted by Crippen LogP contribution is 2.38. The van der Waals surface area contributed by atoms with Crippen molar-refractivity contribution in [1.82, 2.24) is 0 Å². The Labute approximate surface area is 120 Å². The van der Waals surface area contributed by atoms with Crippen LogP contribution in [0.3, 0.4) is 0 Å². The quantitative estimate of drug-likeness (QED) is 0.511. The summed E-state index contributed by atoms with van der Waals surface area (Å²) in [6, 6.07) is 6.18. The number of phenolic OH excluding ortho intramolecular Hbond substituents is 5. The zero-order valence-electron chi connectivity index (χ0n) is 11.1. The summed E-state index contributed by atoms with van der Waals surface area (Å²) in [5.41, 5.74) is 0.440. The monoisotopic (exact) mass is 292 g/mol. The summed E-state index contributed by atoms with van der Waals surface area (Å²) in [4.78, 5) is 0. The zero-order valence-corrected chi connectivity index (χ0v) is 11.1. The van der Waals surface area contributed by atoms with E-state index in [0.29, 0.717) is 5.56 Å². The van der Waals surface area contributed by atoms with Crippen molar-refractivity contribution in [3.05, 3.63) is 41.5 Å². The maximum Gasteiger partial charge on any atom is 0.128 e. The van der Waals surface area contributed by atoms with Crippen LogP contribution in [-0.2, 0) is 6.42 Å². The van der Waals surface area contributed by atoms with E-state index in [2.05, 4.69) is 0 Å². The van der Waals surface area contributed by atoms with Crippen LogP contribution in [0, 0.1) is 0 Å². The van der Waals surface area contributed by atoms with E-state index >= 15 is 0 Å². The molecule has 0 aromatic heterocycles. The molecule has 0 saturated heterocycles. The molecular formula is C15H16O6. The summed E-state index contributed by atoms with van der Waals surface area (Å²) in [7, 11) is 0. The summed E-state index contributed by atoms with van der Waals surface area (Å²) in [5.74, 6) is -1.28. The van der Waals surface area contributed by atoms with E-state index in [9.17, 15) is 30.6 Å². The van der Waals surface area contributed by atoms with Gasteiger partial charge < -0.3 is 30.6 Å². The Morgan fingerprint density at radius 1 is 0.762 bits per heavy atom. The normalized spacial score (nSPS) is 12.2. The zero-order chi connectivity index (χ0) is 15.6. The van der Waals surface area contributed by atoms with E-state index < -0.39 is 17.6 Å². The fourth-order valence-electron chi connectivity index (χ4n) is 2.15. The third-order valence-electron chi connectivity index (χ3n) is 3.21. The SMILES string of the molecule is Oc1ccc(CCC(O)c2c(O)cc(O)cc2O)c(O)c1. The van der Waals surface area contributed by atoms with Crippen LogP contribution in [0.15, 0.2) is 30.3 Å². The summed E-state index contributed by atoms with van der Waals surface area (Å²) in [6.07, 6.45) is -0.768. The van der Waals surface area contributed by atoms with Gasteiger partial charge in [-0.15, -0.1) is 0 Å². The van der Waals surface area contributed by atoms with Crippen molar-refractivity contribution < 1.29 is 30.6 Å². The number of hydrogen-bond acceptors (Lipinski definition) is 6. The van der Waals surface area contributed by atoms with Crippen LogP contribution < -0.4 is 0 Å². The lowest BCUT2D eigenvalue weighted by molar-refractivity contribution is 0.160. The van der Waals surface area contributed by atoms with Crippen molar-refractivity contribution >= 4 is 0 Å². The Kier molecular flexibility index (Phi) is 4.09. The van der Waals surface area contributed by atoms with Crippen molar-refractivity contribution in [3.8, 4) is 28.7 Å². The average Bonchev–Trinajstić information content (AvgIpc) is 2.36.